The zero-order chi connectivity index (χ0) is 14.7. The zero-order valence-corrected chi connectivity index (χ0v) is 12.2. The fraction of sp³-hybridized carbons (Fsp3) is 0.500. The van der Waals surface area contributed by atoms with E-state index in [1.165, 1.54) is 12.1 Å². The molecule has 2 rings (SSSR count). The second-order valence-electron chi connectivity index (χ2n) is 5.33. The Balaban J connectivity index is 2.09. The average molecular weight is 300 g/mol. The van der Waals surface area contributed by atoms with E-state index in [9.17, 15) is 9.18 Å². The molecule has 1 saturated heterocycles. The number of carbonyl (C=O) groups is 1. The fourth-order valence-corrected chi connectivity index (χ4v) is 2.68. The lowest BCUT2D eigenvalue weighted by molar-refractivity contribution is -0.122. The monoisotopic (exact) mass is 299 g/mol. The van der Waals surface area contributed by atoms with E-state index in [1.54, 1.807) is 6.07 Å². The summed E-state index contributed by atoms with van der Waals surface area (Å²) < 4.78 is 13.0. The zero-order valence-electron chi connectivity index (χ0n) is 11.5. The number of benzene rings is 1. The molecule has 1 heterocycles. The Labute approximate surface area is 123 Å². The molecule has 1 aliphatic rings. The summed E-state index contributed by atoms with van der Waals surface area (Å²) >= 11 is 6.05. The van der Waals surface area contributed by atoms with Crippen molar-refractivity contribution in [1.29, 1.82) is 0 Å². The van der Waals surface area contributed by atoms with Crippen LogP contribution in [0, 0.1) is 11.7 Å². The van der Waals surface area contributed by atoms with Crippen molar-refractivity contribution in [3.63, 3.8) is 0 Å². The predicted octanol–water partition coefficient (Wildman–Crippen LogP) is 1.33. The number of amides is 1. The van der Waals surface area contributed by atoms with Crippen LogP contribution in [0.1, 0.15) is 5.56 Å². The van der Waals surface area contributed by atoms with Gasteiger partial charge in [-0.05, 0) is 24.7 Å². The van der Waals surface area contributed by atoms with E-state index < -0.39 is 0 Å². The number of primary amides is 1. The lowest BCUT2D eigenvalue weighted by Crippen LogP contribution is -2.37. The van der Waals surface area contributed by atoms with Gasteiger partial charge in [-0.3, -0.25) is 9.69 Å². The summed E-state index contributed by atoms with van der Waals surface area (Å²) in [6.07, 6.45) is 0. The average Bonchev–Trinajstić information content (AvgIpc) is 2.55. The summed E-state index contributed by atoms with van der Waals surface area (Å²) in [7, 11) is 1.98. The molecule has 6 heteroatoms. The van der Waals surface area contributed by atoms with Gasteiger partial charge in [-0.25, -0.2) is 4.39 Å². The molecule has 20 heavy (non-hydrogen) atoms. The molecule has 0 bridgehead atoms. The van der Waals surface area contributed by atoms with E-state index in [-0.39, 0.29) is 17.6 Å². The molecular formula is C14H19ClFN3O. The summed E-state index contributed by atoms with van der Waals surface area (Å²) in [5, 5.41) is 0.415. The number of nitrogens with two attached hydrogens (primary N) is 1. The highest BCUT2D eigenvalue weighted by atomic mass is 35.5. The van der Waals surface area contributed by atoms with E-state index in [1.807, 2.05) is 7.05 Å². The van der Waals surface area contributed by atoms with E-state index in [0.29, 0.717) is 24.7 Å². The van der Waals surface area contributed by atoms with Crippen molar-refractivity contribution in [2.45, 2.75) is 6.54 Å². The normalized spacial score (nSPS) is 21.6. The number of halogens is 2. The Hall–Kier alpha value is -1.17. The maximum atomic E-state index is 13.0. The smallest absolute Gasteiger partial charge is 0.223 e. The minimum atomic E-state index is -0.343. The molecule has 0 spiro atoms. The van der Waals surface area contributed by atoms with Crippen molar-refractivity contribution < 1.29 is 9.18 Å². The standard InChI is InChI=1S/C14H19ClFN3O/c1-18-4-5-19(9-11(7-18)14(17)20)8-10-2-3-12(16)6-13(10)15/h2-3,6,11H,4-5,7-9H2,1H3,(H2,17,20). The number of carbonyl (C=O) groups excluding carboxylic acids is 1. The van der Waals surface area contributed by atoms with Crippen LogP contribution in [0.5, 0.6) is 0 Å². The van der Waals surface area contributed by atoms with Crippen molar-refractivity contribution in [2.75, 3.05) is 33.2 Å². The first-order valence-electron chi connectivity index (χ1n) is 6.60. The van der Waals surface area contributed by atoms with Crippen LogP contribution in [0.15, 0.2) is 18.2 Å². The maximum Gasteiger partial charge on any atom is 0.223 e. The Morgan fingerprint density at radius 2 is 2.20 bits per heavy atom. The van der Waals surface area contributed by atoms with Gasteiger partial charge >= 0.3 is 0 Å². The van der Waals surface area contributed by atoms with Gasteiger partial charge in [0.15, 0.2) is 0 Å². The van der Waals surface area contributed by atoms with Crippen LogP contribution in [-0.2, 0) is 11.3 Å². The van der Waals surface area contributed by atoms with Gasteiger partial charge in [0.1, 0.15) is 5.82 Å². The number of nitrogens with zero attached hydrogens (tertiary/aromatic N) is 2. The summed E-state index contributed by atoms with van der Waals surface area (Å²) in [4.78, 5) is 15.7. The van der Waals surface area contributed by atoms with E-state index in [0.717, 1.165) is 18.7 Å². The Kier molecular flexibility index (Phi) is 4.96. The molecular weight excluding hydrogens is 281 g/mol. The quantitative estimate of drug-likeness (QED) is 0.916. The van der Waals surface area contributed by atoms with Crippen LogP contribution in [0.25, 0.3) is 0 Å². The highest BCUT2D eigenvalue weighted by Crippen LogP contribution is 2.20. The largest absolute Gasteiger partial charge is 0.369 e. The van der Waals surface area contributed by atoms with Gasteiger partial charge in [0, 0.05) is 37.7 Å². The number of hydrogen-bond acceptors (Lipinski definition) is 3. The third-order valence-electron chi connectivity index (χ3n) is 3.62. The van der Waals surface area contributed by atoms with Gasteiger partial charge in [0.25, 0.3) is 0 Å². The molecule has 1 amide bonds. The first-order chi connectivity index (χ1) is 9.45. The Morgan fingerprint density at radius 1 is 1.45 bits per heavy atom. The van der Waals surface area contributed by atoms with Crippen molar-refractivity contribution in [3.8, 4) is 0 Å². The van der Waals surface area contributed by atoms with Crippen LogP contribution < -0.4 is 5.73 Å². The molecule has 0 aromatic heterocycles. The molecule has 4 nitrogen and oxygen atoms in total. The van der Waals surface area contributed by atoms with Crippen LogP contribution in [0.3, 0.4) is 0 Å². The molecule has 110 valence electrons. The SMILES string of the molecule is CN1CCN(Cc2ccc(F)cc2Cl)CC(C(N)=O)C1. The van der Waals surface area contributed by atoms with Crippen molar-refractivity contribution >= 4 is 17.5 Å². The van der Waals surface area contributed by atoms with Crippen molar-refractivity contribution in [1.82, 2.24) is 9.80 Å². The molecule has 2 N–H and O–H groups in total. The third-order valence-corrected chi connectivity index (χ3v) is 3.97. The maximum absolute atomic E-state index is 13.0. The predicted molar refractivity (Wildman–Crippen MR) is 76.9 cm³/mol. The van der Waals surface area contributed by atoms with Gasteiger partial charge in [-0.2, -0.15) is 0 Å². The van der Waals surface area contributed by atoms with Crippen LogP contribution in [0.4, 0.5) is 4.39 Å². The Morgan fingerprint density at radius 3 is 2.85 bits per heavy atom. The molecule has 1 atom stereocenters. The first kappa shape index (κ1) is 15.2. The number of rotatable bonds is 3. The summed E-state index contributed by atoms with van der Waals surface area (Å²) in [6.45, 7) is 3.56. The van der Waals surface area contributed by atoms with Gasteiger partial charge in [-0.15, -0.1) is 0 Å². The van der Waals surface area contributed by atoms with E-state index >= 15 is 0 Å². The molecule has 1 aromatic rings. The van der Waals surface area contributed by atoms with Gasteiger partial charge in [0.2, 0.25) is 5.91 Å². The van der Waals surface area contributed by atoms with E-state index in [2.05, 4.69) is 9.80 Å². The van der Waals surface area contributed by atoms with Gasteiger partial charge < -0.3 is 10.6 Å². The minimum Gasteiger partial charge on any atom is -0.369 e. The van der Waals surface area contributed by atoms with Gasteiger partial charge in [-0.1, -0.05) is 17.7 Å². The first-order valence-corrected chi connectivity index (χ1v) is 6.97. The van der Waals surface area contributed by atoms with Crippen LogP contribution in [-0.4, -0.2) is 48.9 Å². The fourth-order valence-electron chi connectivity index (χ4n) is 2.45. The topological polar surface area (TPSA) is 49.6 Å². The highest BCUT2D eigenvalue weighted by molar-refractivity contribution is 6.31. The van der Waals surface area contributed by atoms with Crippen molar-refractivity contribution in [3.05, 3.63) is 34.6 Å². The summed E-state index contributed by atoms with van der Waals surface area (Å²) in [5.74, 6) is -0.819. The van der Waals surface area contributed by atoms with Crippen LogP contribution in [0.2, 0.25) is 5.02 Å². The summed E-state index contributed by atoms with van der Waals surface area (Å²) in [6, 6.07) is 4.40. The minimum absolute atomic E-state index is 0.193. The summed E-state index contributed by atoms with van der Waals surface area (Å²) in [5.41, 5.74) is 6.30. The molecule has 1 aromatic carbocycles. The molecule has 1 unspecified atom stereocenters. The lowest BCUT2D eigenvalue weighted by atomic mass is 10.1. The number of hydrogen-bond donors (Lipinski definition) is 1. The van der Waals surface area contributed by atoms with Gasteiger partial charge in [0.05, 0.1) is 5.92 Å². The lowest BCUT2D eigenvalue weighted by Gasteiger charge is -2.22. The Bertz CT molecular complexity index is 497. The molecule has 1 fully saturated rings. The molecule has 0 radical (unpaired) electrons. The number of likely N-dealkylation sites (N-methyl/N-ethyl adjacent to an activating group) is 1. The second kappa shape index (κ2) is 6.52. The molecule has 1 aliphatic heterocycles. The highest BCUT2D eigenvalue weighted by Gasteiger charge is 2.25. The van der Waals surface area contributed by atoms with E-state index in [4.69, 9.17) is 17.3 Å². The third kappa shape index (κ3) is 3.91. The van der Waals surface area contributed by atoms with Crippen molar-refractivity contribution in [2.24, 2.45) is 11.7 Å². The molecule has 0 aliphatic carbocycles. The second-order valence-corrected chi connectivity index (χ2v) is 5.74. The van der Waals surface area contributed by atoms with Crippen LogP contribution >= 0.6 is 11.6 Å². The molecule has 0 saturated carbocycles.